The van der Waals surface area contributed by atoms with Crippen LogP contribution in [0.4, 0.5) is 5.82 Å². The molecule has 4 heterocycles. The van der Waals surface area contributed by atoms with Gasteiger partial charge in [-0.3, -0.25) is 14.8 Å². The Balaban J connectivity index is 1.29. The van der Waals surface area contributed by atoms with E-state index in [2.05, 4.69) is 24.8 Å². The van der Waals surface area contributed by atoms with Crippen molar-refractivity contribution >= 4 is 22.8 Å². The summed E-state index contributed by atoms with van der Waals surface area (Å²) < 4.78 is 0. The average Bonchev–Trinajstić information content (AvgIpc) is 2.79. The second-order valence-corrected chi connectivity index (χ2v) is 8.34. The summed E-state index contributed by atoms with van der Waals surface area (Å²) >= 11 is 0. The van der Waals surface area contributed by atoms with Crippen molar-refractivity contribution in [2.45, 2.75) is 25.4 Å². The lowest BCUT2D eigenvalue weighted by molar-refractivity contribution is 0.0244. The molecule has 0 saturated carbocycles. The van der Waals surface area contributed by atoms with Gasteiger partial charge in [0.25, 0.3) is 5.91 Å². The fourth-order valence-electron chi connectivity index (χ4n) is 4.75. The van der Waals surface area contributed by atoms with Gasteiger partial charge < -0.3 is 14.9 Å². The zero-order valence-corrected chi connectivity index (χ0v) is 16.7. The number of para-hydroxylation sites is 2. The molecule has 154 valence electrons. The standard InChI is InChI=1S/C22H24N6O2/c29-16-11-22(15-28(14-16)20-13-23-7-8-24-20)5-9-27(10-6-22)21(30)19-12-25-17-3-1-2-4-18(17)26-19/h1-4,7-8,12-13,16,29H,5-6,9-11,14-15H2. The Bertz CT molecular complexity index is 1050. The minimum absolute atomic E-state index is 0.0268. The normalized spacial score (nSPS) is 21.2. The summed E-state index contributed by atoms with van der Waals surface area (Å²) in [6.45, 7) is 2.68. The monoisotopic (exact) mass is 404 g/mol. The van der Waals surface area contributed by atoms with Gasteiger partial charge in [0.2, 0.25) is 0 Å². The lowest BCUT2D eigenvalue weighted by Crippen LogP contribution is -2.54. The Morgan fingerprint density at radius 2 is 1.87 bits per heavy atom. The number of anilines is 1. The van der Waals surface area contributed by atoms with Crippen LogP contribution in [0, 0.1) is 5.41 Å². The molecule has 0 radical (unpaired) electrons. The molecular formula is C22H24N6O2. The van der Waals surface area contributed by atoms with Gasteiger partial charge in [-0.2, -0.15) is 0 Å². The van der Waals surface area contributed by atoms with E-state index in [1.165, 1.54) is 0 Å². The largest absolute Gasteiger partial charge is 0.391 e. The van der Waals surface area contributed by atoms with Crippen LogP contribution in [0.25, 0.3) is 11.0 Å². The number of β-amino-alcohol motifs (C(OH)–C–C–N with tert-alkyl or cyclic N) is 1. The number of nitrogens with zero attached hydrogens (tertiary/aromatic N) is 6. The van der Waals surface area contributed by atoms with Gasteiger partial charge in [0.15, 0.2) is 0 Å². The molecule has 0 bridgehead atoms. The number of benzene rings is 1. The first-order valence-electron chi connectivity index (χ1n) is 10.3. The zero-order valence-electron chi connectivity index (χ0n) is 16.7. The van der Waals surface area contributed by atoms with Crippen LogP contribution in [0.1, 0.15) is 29.8 Å². The van der Waals surface area contributed by atoms with E-state index in [0.717, 1.165) is 42.7 Å². The van der Waals surface area contributed by atoms with Crippen LogP contribution in [0.2, 0.25) is 0 Å². The molecule has 1 aromatic carbocycles. The maximum Gasteiger partial charge on any atom is 0.274 e. The van der Waals surface area contributed by atoms with Crippen molar-refractivity contribution in [2.75, 3.05) is 31.1 Å². The third-order valence-electron chi connectivity index (χ3n) is 6.28. The molecule has 0 aliphatic carbocycles. The fourth-order valence-corrected chi connectivity index (χ4v) is 4.75. The van der Waals surface area contributed by atoms with Crippen molar-refractivity contribution in [1.82, 2.24) is 24.8 Å². The predicted octanol–water partition coefficient (Wildman–Crippen LogP) is 1.91. The fraction of sp³-hybridized carbons (Fsp3) is 0.409. The van der Waals surface area contributed by atoms with E-state index in [4.69, 9.17) is 0 Å². The summed E-state index contributed by atoms with van der Waals surface area (Å²) in [5, 5.41) is 10.5. The summed E-state index contributed by atoms with van der Waals surface area (Å²) in [6, 6.07) is 7.56. The van der Waals surface area contributed by atoms with Gasteiger partial charge in [-0.05, 0) is 36.8 Å². The average molecular weight is 404 g/mol. The smallest absolute Gasteiger partial charge is 0.274 e. The Morgan fingerprint density at radius 3 is 2.63 bits per heavy atom. The highest BCUT2D eigenvalue weighted by molar-refractivity contribution is 5.93. The molecule has 8 nitrogen and oxygen atoms in total. The number of likely N-dealkylation sites (tertiary alicyclic amines) is 1. The zero-order chi connectivity index (χ0) is 20.6. The lowest BCUT2D eigenvalue weighted by Gasteiger charge is -2.49. The lowest BCUT2D eigenvalue weighted by atomic mass is 9.71. The minimum atomic E-state index is -0.408. The molecule has 2 saturated heterocycles. The van der Waals surface area contributed by atoms with Gasteiger partial charge in [-0.25, -0.2) is 9.97 Å². The molecule has 2 aromatic heterocycles. The molecule has 2 fully saturated rings. The van der Waals surface area contributed by atoms with Crippen molar-refractivity contribution in [3.63, 3.8) is 0 Å². The first kappa shape index (κ1) is 18.9. The van der Waals surface area contributed by atoms with E-state index < -0.39 is 6.10 Å². The third-order valence-corrected chi connectivity index (χ3v) is 6.28. The number of hydrogen-bond acceptors (Lipinski definition) is 7. The molecule has 2 aliphatic rings. The summed E-state index contributed by atoms with van der Waals surface area (Å²) in [4.78, 5) is 34.4. The number of fused-ring (bicyclic) bond motifs is 1. The molecule has 3 aromatic rings. The van der Waals surface area contributed by atoms with Crippen molar-refractivity contribution in [1.29, 1.82) is 0 Å². The summed E-state index contributed by atoms with van der Waals surface area (Å²) in [6.07, 6.45) is 8.66. The number of hydrogen-bond donors (Lipinski definition) is 1. The SMILES string of the molecule is O=C(c1cnc2ccccc2n1)N1CCC2(CC1)CC(O)CN(c1cnccn1)C2. The van der Waals surface area contributed by atoms with Crippen molar-refractivity contribution in [2.24, 2.45) is 5.41 Å². The Hall–Kier alpha value is -3.13. The maximum atomic E-state index is 13.0. The van der Waals surface area contributed by atoms with E-state index >= 15 is 0 Å². The first-order valence-corrected chi connectivity index (χ1v) is 10.3. The van der Waals surface area contributed by atoms with Gasteiger partial charge in [0.1, 0.15) is 11.5 Å². The molecule has 1 N–H and O–H groups in total. The van der Waals surface area contributed by atoms with Gasteiger partial charge in [-0.15, -0.1) is 0 Å². The van der Waals surface area contributed by atoms with Crippen LogP contribution >= 0.6 is 0 Å². The molecule has 1 spiro atoms. The third kappa shape index (κ3) is 3.59. The number of aliphatic hydroxyl groups is 1. The highest BCUT2D eigenvalue weighted by atomic mass is 16.3. The van der Waals surface area contributed by atoms with Crippen LogP contribution < -0.4 is 4.90 Å². The predicted molar refractivity (Wildman–Crippen MR) is 112 cm³/mol. The van der Waals surface area contributed by atoms with E-state index in [1.807, 2.05) is 29.2 Å². The van der Waals surface area contributed by atoms with Crippen molar-refractivity contribution < 1.29 is 9.90 Å². The summed E-state index contributed by atoms with van der Waals surface area (Å²) in [5.41, 5.74) is 1.87. The topological polar surface area (TPSA) is 95.3 Å². The number of amides is 1. The number of carbonyl (C=O) groups excluding carboxylic acids is 1. The Morgan fingerprint density at radius 1 is 1.07 bits per heavy atom. The van der Waals surface area contributed by atoms with Crippen LogP contribution in [-0.2, 0) is 0 Å². The number of aliphatic hydroxyl groups excluding tert-OH is 1. The highest BCUT2D eigenvalue weighted by Gasteiger charge is 2.42. The molecule has 30 heavy (non-hydrogen) atoms. The summed E-state index contributed by atoms with van der Waals surface area (Å²) in [5.74, 6) is 0.714. The molecule has 5 rings (SSSR count). The number of piperidine rings is 2. The van der Waals surface area contributed by atoms with E-state index in [9.17, 15) is 9.90 Å². The highest BCUT2D eigenvalue weighted by Crippen LogP contribution is 2.41. The van der Waals surface area contributed by atoms with Crippen LogP contribution in [0.5, 0.6) is 0 Å². The minimum Gasteiger partial charge on any atom is -0.391 e. The number of carbonyl (C=O) groups is 1. The molecule has 2 aliphatic heterocycles. The molecule has 1 atom stereocenters. The van der Waals surface area contributed by atoms with Crippen molar-refractivity contribution in [3.8, 4) is 0 Å². The molecular weight excluding hydrogens is 380 g/mol. The second kappa shape index (κ2) is 7.60. The van der Waals surface area contributed by atoms with Gasteiger partial charge >= 0.3 is 0 Å². The van der Waals surface area contributed by atoms with Gasteiger partial charge in [0.05, 0.1) is 29.5 Å². The van der Waals surface area contributed by atoms with Gasteiger partial charge in [-0.1, -0.05) is 12.1 Å². The van der Waals surface area contributed by atoms with E-state index in [1.54, 1.807) is 24.8 Å². The molecule has 1 amide bonds. The van der Waals surface area contributed by atoms with Crippen molar-refractivity contribution in [3.05, 3.63) is 54.7 Å². The van der Waals surface area contributed by atoms with Gasteiger partial charge in [0, 0.05) is 38.6 Å². The Kier molecular flexibility index (Phi) is 4.78. The van der Waals surface area contributed by atoms with Crippen LogP contribution in [0.15, 0.2) is 49.1 Å². The second-order valence-electron chi connectivity index (χ2n) is 8.34. The van der Waals surface area contributed by atoms with E-state index in [-0.39, 0.29) is 11.3 Å². The Labute approximate surface area is 174 Å². The number of rotatable bonds is 2. The van der Waals surface area contributed by atoms with E-state index in [0.29, 0.717) is 25.3 Å². The molecule has 1 unspecified atom stereocenters. The molecule has 8 heteroatoms. The maximum absolute atomic E-state index is 13.0. The first-order chi connectivity index (χ1) is 14.6. The number of aromatic nitrogens is 4. The quantitative estimate of drug-likeness (QED) is 0.697. The van der Waals surface area contributed by atoms with Crippen LogP contribution in [0.3, 0.4) is 0 Å². The summed E-state index contributed by atoms with van der Waals surface area (Å²) in [7, 11) is 0. The van der Waals surface area contributed by atoms with Crippen LogP contribution in [-0.4, -0.2) is 68.1 Å².